The van der Waals surface area contributed by atoms with Crippen molar-refractivity contribution in [2.24, 2.45) is 0 Å². The summed E-state index contributed by atoms with van der Waals surface area (Å²) in [6, 6.07) is 4.62. The Bertz CT molecular complexity index is 587. The van der Waals surface area contributed by atoms with Gasteiger partial charge in [0.05, 0.1) is 5.56 Å². The van der Waals surface area contributed by atoms with Crippen LogP contribution in [0.3, 0.4) is 0 Å². The van der Waals surface area contributed by atoms with Crippen LogP contribution in [0.2, 0.25) is 0 Å². The second-order valence-corrected chi connectivity index (χ2v) is 4.12. The van der Waals surface area contributed by atoms with Crippen LogP contribution < -0.4 is 10.1 Å². The maximum absolute atomic E-state index is 13.2. The third-order valence-electron chi connectivity index (χ3n) is 2.84. The molecule has 0 aliphatic heterocycles. The summed E-state index contributed by atoms with van der Waals surface area (Å²) in [5, 5.41) is 3.00. The van der Waals surface area contributed by atoms with Gasteiger partial charge in [-0.1, -0.05) is 6.92 Å². The van der Waals surface area contributed by atoms with Gasteiger partial charge in [-0.05, 0) is 37.1 Å². The maximum Gasteiger partial charge on any atom is 0.227 e. The Kier molecular flexibility index (Phi) is 3.94. The van der Waals surface area contributed by atoms with Gasteiger partial charge in [0.15, 0.2) is 0 Å². The zero-order valence-electron chi connectivity index (χ0n) is 11.2. The molecule has 1 N–H and O–H groups in total. The molecule has 2 aromatic rings. The molecular formula is C14H16FN3O. The highest BCUT2D eigenvalue weighted by Gasteiger charge is 2.11. The van der Waals surface area contributed by atoms with E-state index in [4.69, 9.17) is 4.74 Å². The maximum atomic E-state index is 13.2. The normalized spacial score (nSPS) is 10.3. The number of aryl methyl sites for hydroxylation is 1. The Labute approximate surface area is 111 Å². The predicted octanol–water partition coefficient (Wildman–Crippen LogP) is 3.32. The van der Waals surface area contributed by atoms with Gasteiger partial charge in [-0.25, -0.2) is 14.4 Å². The SMILES string of the molecule is CCc1c(NC)ncnc1Oc1ccc(F)c(C)c1. The summed E-state index contributed by atoms with van der Waals surface area (Å²) in [4.78, 5) is 8.28. The number of hydrogen-bond acceptors (Lipinski definition) is 4. The molecule has 19 heavy (non-hydrogen) atoms. The molecule has 0 amide bonds. The van der Waals surface area contributed by atoms with Crippen LogP contribution in [0.5, 0.6) is 11.6 Å². The van der Waals surface area contributed by atoms with Crippen molar-refractivity contribution in [2.45, 2.75) is 20.3 Å². The summed E-state index contributed by atoms with van der Waals surface area (Å²) in [6.07, 6.45) is 2.18. The van der Waals surface area contributed by atoms with Crippen LogP contribution in [0.4, 0.5) is 10.2 Å². The number of nitrogens with one attached hydrogen (secondary N) is 1. The van der Waals surface area contributed by atoms with Gasteiger partial charge >= 0.3 is 0 Å². The topological polar surface area (TPSA) is 47.0 Å². The summed E-state index contributed by atoms with van der Waals surface area (Å²) in [7, 11) is 1.80. The molecule has 0 atom stereocenters. The van der Waals surface area contributed by atoms with E-state index < -0.39 is 0 Å². The van der Waals surface area contributed by atoms with E-state index in [1.165, 1.54) is 12.4 Å². The van der Waals surface area contributed by atoms with Gasteiger partial charge in [0, 0.05) is 7.05 Å². The predicted molar refractivity (Wildman–Crippen MR) is 72.2 cm³/mol. The zero-order valence-corrected chi connectivity index (χ0v) is 11.2. The summed E-state index contributed by atoms with van der Waals surface area (Å²) >= 11 is 0. The van der Waals surface area contributed by atoms with Gasteiger partial charge in [-0.2, -0.15) is 0 Å². The first kappa shape index (κ1) is 13.3. The Hall–Kier alpha value is -2.17. The van der Waals surface area contributed by atoms with Crippen molar-refractivity contribution < 1.29 is 9.13 Å². The highest BCUT2D eigenvalue weighted by atomic mass is 19.1. The minimum atomic E-state index is -0.248. The summed E-state index contributed by atoms with van der Waals surface area (Å²) < 4.78 is 18.9. The number of anilines is 1. The van der Waals surface area contributed by atoms with Gasteiger partial charge in [-0.3, -0.25) is 0 Å². The quantitative estimate of drug-likeness (QED) is 0.917. The Balaban J connectivity index is 2.35. The van der Waals surface area contributed by atoms with Crippen LogP contribution >= 0.6 is 0 Å². The standard InChI is InChI=1S/C14H16FN3O/c1-4-11-13(16-3)17-8-18-14(11)19-10-5-6-12(15)9(2)7-10/h5-8H,4H2,1-3H3,(H,16,17,18). The van der Waals surface area contributed by atoms with E-state index in [0.29, 0.717) is 17.2 Å². The van der Waals surface area contributed by atoms with Crippen molar-refractivity contribution in [3.8, 4) is 11.6 Å². The number of ether oxygens (including phenoxy) is 1. The van der Waals surface area contributed by atoms with E-state index in [1.807, 2.05) is 6.92 Å². The fourth-order valence-electron chi connectivity index (χ4n) is 1.81. The van der Waals surface area contributed by atoms with Gasteiger partial charge < -0.3 is 10.1 Å². The lowest BCUT2D eigenvalue weighted by atomic mass is 10.2. The van der Waals surface area contributed by atoms with E-state index in [0.717, 1.165) is 17.8 Å². The first-order valence-electron chi connectivity index (χ1n) is 6.11. The van der Waals surface area contributed by atoms with E-state index in [9.17, 15) is 4.39 Å². The van der Waals surface area contributed by atoms with Crippen LogP contribution in [0.1, 0.15) is 18.1 Å². The molecule has 2 rings (SSSR count). The van der Waals surface area contributed by atoms with Crippen molar-refractivity contribution in [3.63, 3.8) is 0 Å². The minimum absolute atomic E-state index is 0.248. The average Bonchev–Trinajstić information content (AvgIpc) is 2.42. The summed E-state index contributed by atoms with van der Waals surface area (Å²) in [5.41, 5.74) is 1.44. The fraction of sp³-hybridized carbons (Fsp3) is 0.286. The largest absolute Gasteiger partial charge is 0.439 e. The second kappa shape index (κ2) is 5.65. The number of nitrogens with zero attached hydrogens (tertiary/aromatic N) is 2. The molecule has 1 heterocycles. The minimum Gasteiger partial charge on any atom is -0.439 e. The fourth-order valence-corrected chi connectivity index (χ4v) is 1.81. The number of hydrogen-bond donors (Lipinski definition) is 1. The molecule has 0 saturated heterocycles. The Morgan fingerprint density at radius 2 is 2.11 bits per heavy atom. The van der Waals surface area contributed by atoms with E-state index >= 15 is 0 Å². The van der Waals surface area contributed by atoms with Crippen molar-refractivity contribution in [1.29, 1.82) is 0 Å². The molecular weight excluding hydrogens is 245 g/mol. The van der Waals surface area contributed by atoms with Crippen LogP contribution in [0.15, 0.2) is 24.5 Å². The number of aromatic nitrogens is 2. The molecule has 0 unspecified atom stereocenters. The third-order valence-corrected chi connectivity index (χ3v) is 2.84. The Morgan fingerprint density at radius 3 is 2.74 bits per heavy atom. The van der Waals surface area contributed by atoms with Gasteiger partial charge in [0.1, 0.15) is 23.7 Å². The van der Waals surface area contributed by atoms with Gasteiger partial charge in [-0.15, -0.1) is 0 Å². The molecule has 0 aliphatic rings. The lowest BCUT2D eigenvalue weighted by Crippen LogP contribution is -2.02. The first-order chi connectivity index (χ1) is 9.15. The third kappa shape index (κ3) is 2.81. The zero-order chi connectivity index (χ0) is 13.8. The average molecular weight is 261 g/mol. The van der Waals surface area contributed by atoms with E-state index in [1.54, 1.807) is 26.1 Å². The lowest BCUT2D eigenvalue weighted by Gasteiger charge is -2.12. The monoisotopic (exact) mass is 261 g/mol. The summed E-state index contributed by atoms with van der Waals surface area (Å²) in [5.74, 6) is 1.55. The highest BCUT2D eigenvalue weighted by Crippen LogP contribution is 2.28. The molecule has 0 saturated carbocycles. The lowest BCUT2D eigenvalue weighted by molar-refractivity contribution is 0.453. The van der Waals surface area contributed by atoms with Crippen molar-refractivity contribution in [3.05, 3.63) is 41.5 Å². The Morgan fingerprint density at radius 1 is 1.32 bits per heavy atom. The number of halogens is 1. The van der Waals surface area contributed by atoms with Gasteiger partial charge in [0.25, 0.3) is 0 Å². The molecule has 0 bridgehead atoms. The molecule has 0 fully saturated rings. The first-order valence-corrected chi connectivity index (χ1v) is 6.11. The molecule has 0 radical (unpaired) electrons. The van der Waals surface area contributed by atoms with Gasteiger partial charge in [0.2, 0.25) is 5.88 Å². The van der Waals surface area contributed by atoms with Crippen molar-refractivity contribution in [1.82, 2.24) is 9.97 Å². The molecule has 4 nitrogen and oxygen atoms in total. The molecule has 0 aliphatic carbocycles. The molecule has 1 aromatic carbocycles. The van der Waals surface area contributed by atoms with Crippen LogP contribution in [0.25, 0.3) is 0 Å². The molecule has 100 valence electrons. The summed E-state index contributed by atoms with van der Waals surface area (Å²) in [6.45, 7) is 3.70. The highest BCUT2D eigenvalue weighted by molar-refractivity contribution is 5.49. The smallest absolute Gasteiger partial charge is 0.227 e. The number of rotatable bonds is 4. The van der Waals surface area contributed by atoms with Crippen LogP contribution in [-0.2, 0) is 6.42 Å². The molecule has 1 aromatic heterocycles. The van der Waals surface area contributed by atoms with Crippen LogP contribution in [-0.4, -0.2) is 17.0 Å². The number of benzene rings is 1. The van der Waals surface area contributed by atoms with Crippen LogP contribution in [0, 0.1) is 12.7 Å². The van der Waals surface area contributed by atoms with Crippen molar-refractivity contribution in [2.75, 3.05) is 12.4 Å². The van der Waals surface area contributed by atoms with Crippen molar-refractivity contribution >= 4 is 5.82 Å². The second-order valence-electron chi connectivity index (χ2n) is 4.12. The van der Waals surface area contributed by atoms with E-state index in [2.05, 4.69) is 15.3 Å². The van der Waals surface area contributed by atoms with E-state index in [-0.39, 0.29) is 5.82 Å². The molecule has 0 spiro atoms. The molecule has 5 heteroatoms.